The highest BCUT2D eigenvalue weighted by Crippen LogP contribution is 2.37. The number of hydrogen-bond donors (Lipinski definition) is 1. The Bertz CT molecular complexity index is 754. The zero-order chi connectivity index (χ0) is 17.2. The number of anilines is 1. The van der Waals surface area contributed by atoms with E-state index >= 15 is 0 Å². The summed E-state index contributed by atoms with van der Waals surface area (Å²) in [7, 11) is 0. The predicted octanol–water partition coefficient (Wildman–Crippen LogP) is 3.36. The van der Waals surface area contributed by atoms with Crippen molar-refractivity contribution in [3.63, 3.8) is 0 Å². The molecule has 0 amide bonds. The van der Waals surface area contributed by atoms with E-state index in [1.807, 2.05) is 0 Å². The number of nitrogens with one attached hydrogen (secondary N) is 1. The fraction of sp³-hybridized carbons (Fsp3) is 0.429. The summed E-state index contributed by atoms with van der Waals surface area (Å²) in [5.74, 6) is 1.07. The van der Waals surface area contributed by atoms with Crippen LogP contribution in [-0.2, 0) is 11.3 Å². The lowest BCUT2D eigenvalue weighted by Gasteiger charge is -2.31. The monoisotopic (exact) mass is 338 g/mol. The van der Waals surface area contributed by atoms with Crippen LogP contribution in [0.2, 0.25) is 0 Å². The Labute approximate surface area is 149 Å². The van der Waals surface area contributed by atoms with Crippen molar-refractivity contribution in [1.82, 2.24) is 5.32 Å². The van der Waals surface area contributed by atoms with Gasteiger partial charge < -0.3 is 19.7 Å². The van der Waals surface area contributed by atoms with E-state index in [-0.39, 0.29) is 6.04 Å². The standard InChI is InChI=1S/C21H26N2O2/c1-15-7-8-18-19(14-25-21(18)16(15)2)22-13-17-5-3-4-6-20(17)23-9-11-24-12-10-23/h3-8,19,22H,9-14H2,1-2H3. The summed E-state index contributed by atoms with van der Waals surface area (Å²) in [6.07, 6.45) is 0. The Hall–Kier alpha value is -2.04. The molecule has 0 aliphatic carbocycles. The number of benzene rings is 2. The van der Waals surface area contributed by atoms with Crippen molar-refractivity contribution in [2.45, 2.75) is 26.4 Å². The highest BCUT2D eigenvalue weighted by atomic mass is 16.5. The Kier molecular flexibility index (Phi) is 4.64. The van der Waals surface area contributed by atoms with Gasteiger partial charge in [0.25, 0.3) is 0 Å². The molecule has 0 saturated carbocycles. The lowest BCUT2D eigenvalue weighted by molar-refractivity contribution is 0.122. The van der Waals surface area contributed by atoms with Gasteiger partial charge in [0.1, 0.15) is 12.4 Å². The highest BCUT2D eigenvalue weighted by molar-refractivity contribution is 5.54. The minimum absolute atomic E-state index is 0.257. The van der Waals surface area contributed by atoms with Crippen LogP contribution in [0, 0.1) is 13.8 Å². The van der Waals surface area contributed by atoms with Crippen LogP contribution in [0.3, 0.4) is 0 Å². The van der Waals surface area contributed by atoms with E-state index in [0.29, 0.717) is 6.61 Å². The zero-order valence-corrected chi connectivity index (χ0v) is 15.0. The number of fused-ring (bicyclic) bond motifs is 1. The largest absolute Gasteiger partial charge is 0.491 e. The maximum Gasteiger partial charge on any atom is 0.127 e. The smallest absolute Gasteiger partial charge is 0.127 e. The summed E-state index contributed by atoms with van der Waals surface area (Å²) in [6.45, 7) is 9.38. The second kappa shape index (κ2) is 7.06. The quantitative estimate of drug-likeness (QED) is 0.927. The Morgan fingerprint density at radius 2 is 1.88 bits per heavy atom. The molecular weight excluding hydrogens is 312 g/mol. The van der Waals surface area contributed by atoms with Gasteiger partial charge in [-0.05, 0) is 36.6 Å². The summed E-state index contributed by atoms with van der Waals surface area (Å²) in [6, 6.07) is 13.3. The third-order valence-corrected chi connectivity index (χ3v) is 5.36. The third-order valence-electron chi connectivity index (χ3n) is 5.36. The normalized spacial score (nSPS) is 19.6. The Balaban J connectivity index is 1.49. The second-order valence-corrected chi connectivity index (χ2v) is 6.90. The van der Waals surface area contributed by atoms with Gasteiger partial charge in [0.05, 0.1) is 19.3 Å². The van der Waals surface area contributed by atoms with E-state index in [1.54, 1.807) is 0 Å². The van der Waals surface area contributed by atoms with Crippen molar-refractivity contribution in [2.75, 3.05) is 37.8 Å². The number of morpholine rings is 1. The number of rotatable bonds is 4. The SMILES string of the molecule is Cc1ccc2c(c1C)OCC2NCc1ccccc1N1CCOCC1. The molecule has 2 heterocycles. The molecule has 132 valence electrons. The number of hydrogen-bond acceptors (Lipinski definition) is 4. The van der Waals surface area contributed by atoms with Crippen LogP contribution in [0.15, 0.2) is 36.4 Å². The third kappa shape index (κ3) is 3.24. The van der Waals surface area contributed by atoms with Crippen molar-refractivity contribution in [3.05, 3.63) is 58.7 Å². The molecule has 1 N–H and O–H groups in total. The van der Waals surface area contributed by atoms with Crippen LogP contribution in [0.25, 0.3) is 0 Å². The number of aryl methyl sites for hydroxylation is 1. The van der Waals surface area contributed by atoms with E-state index in [2.05, 4.69) is 60.5 Å². The van der Waals surface area contributed by atoms with Gasteiger partial charge >= 0.3 is 0 Å². The van der Waals surface area contributed by atoms with Crippen LogP contribution in [-0.4, -0.2) is 32.9 Å². The molecule has 2 aliphatic rings. The summed E-state index contributed by atoms with van der Waals surface area (Å²) in [5, 5.41) is 3.70. The zero-order valence-electron chi connectivity index (χ0n) is 15.0. The molecule has 1 atom stereocenters. The Morgan fingerprint density at radius 1 is 1.08 bits per heavy atom. The van der Waals surface area contributed by atoms with E-state index in [4.69, 9.17) is 9.47 Å². The minimum atomic E-state index is 0.257. The molecule has 4 nitrogen and oxygen atoms in total. The van der Waals surface area contributed by atoms with E-state index in [1.165, 1.54) is 27.9 Å². The maximum absolute atomic E-state index is 5.97. The van der Waals surface area contributed by atoms with Gasteiger partial charge in [-0.15, -0.1) is 0 Å². The molecule has 0 bridgehead atoms. The molecule has 0 spiro atoms. The van der Waals surface area contributed by atoms with E-state index in [0.717, 1.165) is 38.6 Å². The summed E-state index contributed by atoms with van der Waals surface area (Å²) >= 11 is 0. The van der Waals surface area contributed by atoms with Gasteiger partial charge in [0.15, 0.2) is 0 Å². The first-order valence-electron chi connectivity index (χ1n) is 9.11. The summed E-state index contributed by atoms with van der Waals surface area (Å²) < 4.78 is 11.5. The van der Waals surface area contributed by atoms with Gasteiger partial charge in [-0.3, -0.25) is 0 Å². The first-order chi connectivity index (χ1) is 12.2. The van der Waals surface area contributed by atoms with Crippen molar-refractivity contribution in [1.29, 1.82) is 0 Å². The van der Waals surface area contributed by atoms with E-state index in [9.17, 15) is 0 Å². The lowest BCUT2D eigenvalue weighted by atomic mass is 10.0. The molecular formula is C21H26N2O2. The van der Waals surface area contributed by atoms with Crippen molar-refractivity contribution in [3.8, 4) is 5.75 Å². The van der Waals surface area contributed by atoms with Crippen LogP contribution in [0.4, 0.5) is 5.69 Å². The van der Waals surface area contributed by atoms with Gasteiger partial charge in [-0.1, -0.05) is 30.3 Å². The molecule has 1 saturated heterocycles. The summed E-state index contributed by atoms with van der Waals surface area (Å²) in [5.41, 5.74) is 6.48. The van der Waals surface area contributed by atoms with Crippen LogP contribution < -0.4 is 15.0 Å². The highest BCUT2D eigenvalue weighted by Gasteiger charge is 2.26. The molecule has 25 heavy (non-hydrogen) atoms. The minimum Gasteiger partial charge on any atom is -0.491 e. The van der Waals surface area contributed by atoms with Gasteiger partial charge in [0.2, 0.25) is 0 Å². The van der Waals surface area contributed by atoms with Crippen LogP contribution in [0.5, 0.6) is 5.75 Å². The second-order valence-electron chi connectivity index (χ2n) is 6.90. The molecule has 1 fully saturated rings. The Morgan fingerprint density at radius 3 is 2.72 bits per heavy atom. The molecule has 0 radical (unpaired) electrons. The molecule has 4 heteroatoms. The van der Waals surface area contributed by atoms with E-state index < -0.39 is 0 Å². The van der Waals surface area contributed by atoms with Crippen molar-refractivity contribution < 1.29 is 9.47 Å². The summed E-state index contributed by atoms with van der Waals surface area (Å²) in [4.78, 5) is 2.42. The number of nitrogens with zero attached hydrogens (tertiary/aromatic N) is 1. The van der Waals surface area contributed by atoms with Gasteiger partial charge in [0, 0.05) is 30.9 Å². The average Bonchev–Trinajstić information content (AvgIpc) is 3.08. The first-order valence-corrected chi connectivity index (χ1v) is 9.11. The molecule has 4 rings (SSSR count). The predicted molar refractivity (Wildman–Crippen MR) is 100 cm³/mol. The number of ether oxygens (including phenoxy) is 2. The van der Waals surface area contributed by atoms with Crippen LogP contribution in [0.1, 0.15) is 28.3 Å². The van der Waals surface area contributed by atoms with Gasteiger partial charge in [-0.2, -0.15) is 0 Å². The topological polar surface area (TPSA) is 33.7 Å². The number of para-hydroxylation sites is 1. The molecule has 1 unspecified atom stereocenters. The van der Waals surface area contributed by atoms with Crippen molar-refractivity contribution in [2.24, 2.45) is 0 Å². The van der Waals surface area contributed by atoms with Gasteiger partial charge in [-0.25, -0.2) is 0 Å². The lowest BCUT2D eigenvalue weighted by Crippen LogP contribution is -2.37. The average molecular weight is 338 g/mol. The molecule has 2 aromatic rings. The fourth-order valence-corrected chi connectivity index (χ4v) is 3.71. The molecule has 0 aromatic heterocycles. The maximum atomic E-state index is 5.97. The van der Waals surface area contributed by atoms with Crippen molar-refractivity contribution >= 4 is 5.69 Å². The first kappa shape index (κ1) is 16.4. The molecule has 2 aliphatic heterocycles. The molecule has 2 aromatic carbocycles. The fourth-order valence-electron chi connectivity index (χ4n) is 3.71. The van der Waals surface area contributed by atoms with Crippen LogP contribution >= 0.6 is 0 Å².